The third-order valence-corrected chi connectivity index (χ3v) is 1.83. The fourth-order valence-electron chi connectivity index (χ4n) is 1.12. The van der Waals surface area contributed by atoms with Crippen LogP contribution in [0.2, 0.25) is 0 Å². The van der Waals surface area contributed by atoms with Crippen LogP contribution in [0, 0.1) is 11.6 Å². The van der Waals surface area contributed by atoms with Crippen LogP contribution >= 0.6 is 0 Å². The van der Waals surface area contributed by atoms with Gasteiger partial charge in [0.05, 0.1) is 5.56 Å². The molecule has 0 aliphatic heterocycles. The number of carbonyl (C=O) groups is 1. The highest BCUT2D eigenvalue weighted by atomic mass is 19.3. The van der Waals surface area contributed by atoms with E-state index < -0.39 is 42.3 Å². The molecule has 0 fully saturated rings. The topological polar surface area (TPSA) is 46.5 Å². The first-order valence-corrected chi connectivity index (χ1v) is 4.46. The highest BCUT2D eigenvalue weighted by Gasteiger charge is 2.35. The number of hydrogen-bond donors (Lipinski definition) is 1. The second kappa shape index (κ2) is 5.13. The largest absolute Gasteiger partial charge is 0.480 e. The molecule has 0 amide bonds. The second-order valence-electron chi connectivity index (χ2n) is 3.22. The summed E-state index contributed by atoms with van der Waals surface area (Å²) in [4.78, 5) is 10.0. The van der Waals surface area contributed by atoms with E-state index in [9.17, 15) is 22.4 Å². The van der Waals surface area contributed by atoms with Gasteiger partial charge in [0.15, 0.2) is 0 Å². The lowest BCUT2D eigenvalue weighted by Crippen LogP contribution is -2.24. The molecule has 3 nitrogen and oxygen atoms in total. The van der Waals surface area contributed by atoms with Crippen molar-refractivity contribution < 1.29 is 32.2 Å². The van der Waals surface area contributed by atoms with Gasteiger partial charge in [0, 0.05) is 0 Å². The van der Waals surface area contributed by atoms with E-state index in [0.29, 0.717) is 18.2 Å². The van der Waals surface area contributed by atoms with Gasteiger partial charge in [-0.05, 0) is 18.2 Å². The SMILES string of the molecule is O=C(O)COCC(F)(F)c1cc(F)ccc1F. The first kappa shape index (κ1) is 13.4. The van der Waals surface area contributed by atoms with Crippen LogP contribution in [0.5, 0.6) is 0 Å². The average molecular weight is 252 g/mol. The van der Waals surface area contributed by atoms with Gasteiger partial charge in [0.25, 0.3) is 5.92 Å². The van der Waals surface area contributed by atoms with Gasteiger partial charge in [-0.25, -0.2) is 13.6 Å². The summed E-state index contributed by atoms with van der Waals surface area (Å²) in [5.74, 6) is -7.52. The maximum Gasteiger partial charge on any atom is 0.329 e. The summed E-state index contributed by atoms with van der Waals surface area (Å²) >= 11 is 0. The minimum absolute atomic E-state index is 0.347. The fraction of sp³-hybridized carbons (Fsp3) is 0.300. The third-order valence-electron chi connectivity index (χ3n) is 1.83. The molecule has 0 radical (unpaired) electrons. The molecule has 17 heavy (non-hydrogen) atoms. The number of ether oxygens (including phenoxy) is 1. The number of alkyl halides is 2. The van der Waals surface area contributed by atoms with Crippen molar-refractivity contribution in [3.05, 3.63) is 35.4 Å². The molecule has 1 rings (SSSR count). The van der Waals surface area contributed by atoms with E-state index in [2.05, 4.69) is 4.74 Å². The molecule has 0 heterocycles. The molecular weight excluding hydrogens is 244 g/mol. The van der Waals surface area contributed by atoms with Crippen molar-refractivity contribution in [1.29, 1.82) is 0 Å². The van der Waals surface area contributed by atoms with Crippen LogP contribution in [0.15, 0.2) is 18.2 Å². The quantitative estimate of drug-likeness (QED) is 0.817. The Bertz CT molecular complexity index is 420. The Labute approximate surface area is 93.6 Å². The van der Waals surface area contributed by atoms with Crippen LogP contribution in [0.3, 0.4) is 0 Å². The molecule has 0 spiro atoms. The fourth-order valence-corrected chi connectivity index (χ4v) is 1.12. The van der Waals surface area contributed by atoms with E-state index in [4.69, 9.17) is 5.11 Å². The molecule has 0 unspecified atom stereocenters. The maximum atomic E-state index is 13.3. The molecule has 7 heteroatoms. The van der Waals surface area contributed by atoms with Crippen molar-refractivity contribution in [2.24, 2.45) is 0 Å². The number of aliphatic carboxylic acids is 1. The monoisotopic (exact) mass is 252 g/mol. The van der Waals surface area contributed by atoms with Crippen LogP contribution < -0.4 is 0 Å². The highest BCUT2D eigenvalue weighted by molar-refractivity contribution is 5.67. The van der Waals surface area contributed by atoms with Crippen LogP contribution in [0.25, 0.3) is 0 Å². The van der Waals surface area contributed by atoms with E-state index in [-0.39, 0.29) is 0 Å². The number of benzene rings is 1. The van der Waals surface area contributed by atoms with Crippen molar-refractivity contribution in [3.8, 4) is 0 Å². The van der Waals surface area contributed by atoms with Gasteiger partial charge < -0.3 is 9.84 Å². The first-order chi connectivity index (χ1) is 7.83. The zero-order chi connectivity index (χ0) is 13.1. The molecule has 1 aromatic rings. The molecule has 0 saturated carbocycles. The zero-order valence-corrected chi connectivity index (χ0v) is 8.42. The molecule has 1 aromatic carbocycles. The van der Waals surface area contributed by atoms with Crippen molar-refractivity contribution >= 4 is 5.97 Å². The number of halogens is 4. The summed E-state index contributed by atoms with van der Waals surface area (Å²) in [6.07, 6.45) is 0. The van der Waals surface area contributed by atoms with Crippen LogP contribution in [-0.4, -0.2) is 24.3 Å². The Morgan fingerprint density at radius 2 is 2.00 bits per heavy atom. The summed E-state index contributed by atoms with van der Waals surface area (Å²) in [6, 6.07) is 1.61. The van der Waals surface area contributed by atoms with Crippen molar-refractivity contribution in [3.63, 3.8) is 0 Å². The summed E-state index contributed by atoms with van der Waals surface area (Å²) in [5.41, 5.74) is -1.16. The van der Waals surface area contributed by atoms with Crippen molar-refractivity contribution in [2.45, 2.75) is 5.92 Å². The molecule has 94 valence electrons. The van der Waals surface area contributed by atoms with Gasteiger partial charge in [-0.15, -0.1) is 0 Å². The van der Waals surface area contributed by atoms with Crippen LogP contribution in [0.1, 0.15) is 5.56 Å². The standard InChI is InChI=1S/C10H8F4O3/c11-6-1-2-8(12)7(3-6)10(13,14)5-17-4-9(15)16/h1-3H,4-5H2,(H,15,16). The molecule has 0 aromatic heterocycles. The number of carboxylic acids is 1. The predicted octanol–water partition coefficient (Wildman–Crippen LogP) is 2.16. The zero-order valence-electron chi connectivity index (χ0n) is 8.42. The van der Waals surface area contributed by atoms with E-state index in [0.717, 1.165) is 0 Å². The van der Waals surface area contributed by atoms with E-state index in [1.165, 1.54) is 0 Å². The lowest BCUT2D eigenvalue weighted by molar-refractivity contribution is -0.147. The molecule has 0 atom stereocenters. The van der Waals surface area contributed by atoms with Gasteiger partial charge in [0.2, 0.25) is 0 Å². The smallest absolute Gasteiger partial charge is 0.329 e. The average Bonchev–Trinajstić information content (AvgIpc) is 2.20. The molecule has 0 aliphatic rings. The van der Waals surface area contributed by atoms with E-state index >= 15 is 0 Å². The van der Waals surface area contributed by atoms with Gasteiger partial charge in [-0.1, -0.05) is 0 Å². The Morgan fingerprint density at radius 1 is 1.35 bits per heavy atom. The second-order valence-corrected chi connectivity index (χ2v) is 3.22. The lowest BCUT2D eigenvalue weighted by atomic mass is 10.1. The highest BCUT2D eigenvalue weighted by Crippen LogP contribution is 2.30. The van der Waals surface area contributed by atoms with Gasteiger partial charge in [0.1, 0.15) is 24.8 Å². The Hall–Kier alpha value is -1.63. The van der Waals surface area contributed by atoms with Gasteiger partial charge in [-0.3, -0.25) is 0 Å². The van der Waals surface area contributed by atoms with Crippen molar-refractivity contribution in [2.75, 3.05) is 13.2 Å². The molecule has 0 bridgehead atoms. The Morgan fingerprint density at radius 3 is 2.59 bits per heavy atom. The van der Waals surface area contributed by atoms with Gasteiger partial charge in [-0.2, -0.15) is 8.78 Å². The third kappa shape index (κ3) is 3.70. The maximum absolute atomic E-state index is 13.3. The van der Waals surface area contributed by atoms with E-state index in [1.807, 2.05) is 0 Å². The van der Waals surface area contributed by atoms with Gasteiger partial charge >= 0.3 is 5.97 Å². The normalized spacial score (nSPS) is 11.5. The lowest BCUT2D eigenvalue weighted by Gasteiger charge is -2.16. The number of hydrogen-bond acceptors (Lipinski definition) is 2. The van der Waals surface area contributed by atoms with E-state index in [1.54, 1.807) is 0 Å². The van der Waals surface area contributed by atoms with Crippen LogP contribution in [0.4, 0.5) is 17.6 Å². The Kier molecular flexibility index (Phi) is 4.06. The summed E-state index contributed by atoms with van der Waals surface area (Å²) < 4.78 is 56.5. The molecule has 0 aliphatic carbocycles. The molecular formula is C10H8F4O3. The molecule has 1 N–H and O–H groups in total. The minimum atomic E-state index is -3.79. The summed E-state index contributed by atoms with van der Waals surface area (Å²) in [7, 11) is 0. The van der Waals surface area contributed by atoms with Crippen LogP contribution in [-0.2, 0) is 15.5 Å². The number of rotatable bonds is 5. The summed E-state index contributed by atoms with van der Waals surface area (Å²) in [6.45, 7) is -2.27. The Balaban J connectivity index is 2.81. The predicted molar refractivity (Wildman–Crippen MR) is 48.7 cm³/mol. The summed E-state index contributed by atoms with van der Waals surface area (Å²) in [5, 5.41) is 8.18. The first-order valence-electron chi connectivity index (χ1n) is 4.46. The number of carboxylic acid groups (broad SMARTS) is 1. The van der Waals surface area contributed by atoms with Crippen molar-refractivity contribution in [1.82, 2.24) is 0 Å². The minimum Gasteiger partial charge on any atom is -0.480 e. The molecule has 0 saturated heterocycles.